The van der Waals surface area contributed by atoms with E-state index in [4.69, 9.17) is 9.84 Å². The lowest BCUT2D eigenvalue weighted by molar-refractivity contribution is 0.0975. The van der Waals surface area contributed by atoms with Gasteiger partial charge in [0, 0.05) is 5.41 Å². The predicted molar refractivity (Wildman–Crippen MR) is 51.6 cm³/mol. The predicted octanol–water partition coefficient (Wildman–Crippen LogP) is 1.88. The molecule has 71 valence electrons. The molecule has 0 atom stereocenters. The SMILES string of the molecule is CC(C)(CO)COc1cc[c]cc1. The summed E-state index contributed by atoms with van der Waals surface area (Å²) in [7, 11) is 0. The molecule has 0 heterocycles. The average Bonchev–Trinajstić information content (AvgIpc) is 2.17. The van der Waals surface area contributed by atoms with Crippen molar-refractivity contribution < 1.29 is 9.84 Å². The van der Waals surface area contributed by atoms with Crippen molar-refractivity contribution in [2.75, 3.05) is 13.2 Å². The maximum Gasteiger partial charge on any atom is 0.119 e. The van der Waals surface area contributed by atoms with Crippen molar-refractivity contribution in [3.8, 4) is 5.75 Å². The van der Waals surface area contributed by atoms with Crippen molar-refractivity contribution in [2.45, 2.75) is 13.8 Å². The van der Waals surface area contributed by atoms with Gasteiger partial charge in [-0.3, -0.25) is 0 Å². The maximum atomic E-state index is 8.99. The van der Waals surface area contributed by atoms with Gasteiger partial charge in [0.25, 0.3) is 0 Å². The zero-order valence-corrected chi connectivity index (χ0v) is 8.08. The second-order valence-electron chi connectivity index (χ2n) is 3.85. The largest absolute Gasteiger partial charge is 0.493 e. The molecular formula is C11H15O2. The van der Waals surface area contributed by atoms with Gasteiger partial charge in [0.1, 0.15) is 5.75 Å². The summed E-state index contributed by atoms with van der Waals surface area (Å²) in [6.07, 6.45) is 0. The van der Waals surface area contributed by atoms with Gasteiger partial charge in [-0.15, -0.1) is 0 Å². The molecule has 0 saturated heterocycles. The highest BCUT2D eigenvalue weighted by Crippen LogP contribution is 2.17. The molecule has 0 saturated carbocycles. The number of aliphatic hydroxyl groups is 1. The van der Waals surface area contributed by atoms with Crippen molar-refractivity contribution in [3.05, 3.63) is 30.3 Å². The molecule has 1 aromatic rings. The minimum absolute atomic E-state index is 0.131. The standard InChI is InChI=1S/C11H15O2/c1-11(2,8-12)9-13-10-6-4-3-5-7-10/h4-7,12H,8-9H2,1-2H3. The number of aliphatic hydroxyl groups excluding tert-OH is 1. The molecule has 0 aliphatic rings. The van der Waals surface area contributed by atoms with Gasteiger partial charge in [0.2, 0.25) is 0 Å². The molecule has 0 bridgehead atoms. The lowest BCUT2D eigenvalue weighted by atomic mass is 9.97. The maximum absolute atomic E-state index is 8.99. The normalized spacial score (nSPS) is 11.3. The third kappa shape index (κ3) is 3.47. The Morgan fingerprint density at radius 1 is 1.38 bits per heavy atom. The van der Waals surface area contributed by atoms with E-state index in [0.29, 0.717) is 6.61 Å². The first-order valence-electron chi connectivity index (χ1n) is 4.34. The molecule has 0 amide bonds. The highest BCUT2D eigenvalue weighted by atomic mass is 16.5. The van der Waals surface area contributed by atoms with E-state index in [1.54, 1.807) is 12.1 Å². The van der Waals surface area contributed by atoms with Crippen molar-refractivity contribution in [1.82, 2.24) is 0 Å². The van der Waals surface area contributed by atoms with Gasteiger partial charge >= 0.3 is 0 Å². The van der Waals surface area contributed by atoms with Gasteiger partial charge < -0.3 is 9.84 Å². The van der Waals surface area contributed by atoms with E-state index < -0.39 is 0 Å². The van der Waals surface area contributed by atoms with Crippen LogP contribution in [0.3, 0.4) is 0 Å². The summed E-state index contributed by atoms with van der Waals surface area (Å²) >= 11 is 0. The molecular weight excluding hydrogens is 164 g/mol. The lowest BCUT2D eigenvalue weighted by Crippen LogP contribution is -2.25. The number of benzene rings is 1. The molecule has 0 fully saturated rings. The highest BCUT2D eigenvalue weighted by molar-refractivity contribution is 5.20. The Kier molecular flexibility index (Phi) is 3.32. The van der Waals surface area contributed by atoms with Crippen LogP contribution >= 0.6 is 0 Å². The zero-order chi connectivity index (χ0) is 9.73. The van der Waals surface area contributed by atoms with E-state index in [-0.39, 0.29) is 12.0 Å². The quantitative estimate of drug-likeness (QED) is 0.764. The third-order valence-corrected chi connectivity index (χ3v) is 1.75. The second kappa shape index (κ2) is 4.28. The van der Waals surface area contributed by atoms with E-state index in [2.05, 4.69) is 6.07 Å². The Balaban J connectivity index is 2.44. The first-order valence-corrected chi connectivity index (χ1v) is 4.34. The molecule has 0 aromatic heterocycles. The summed E-state index contributed by atoms with van der Waals surface area (Å²) in [6, 6.07) is 10.2. The summed E-state index contributed by atoms with van der Waals surface area (Å²) in [5, 5.41) is 8.99. The van der Waals surface area contributed by atoms with Crippen molar-refractivity contribution in [2.24, 2.45) is 5.41 Å². The van der Waals surface area contributed by atoms with Crippen LogP contribution in [0.1, 0.15) is 13.8 Å². The van der Waals surface area contributed by atoms with Crippen LogP contribution in [0.25, 0.3) is 0 Å². The van der Waals surface area contributed by atoms with Crippen LogP contribution in [0.2, 0.25) is 0 Å². The van der Waals surface area contributed by atoms with Crippen LogP contribution in [0.15, 0.2) is 24.3 Å². The summed E-state index contributed by atoms with van der Waals surface area (Å²) in [5.41, 5.74) is -0.181. The second-order valence-corrected chi connectivity index (χ2v) is 3.85. The lowest BCUT2D eigenvalue weighted by Gasteiger charge is -2.21. The van der Waals surface area contributed by atoms with Crippen LogP contribution in [0.5, 0.6) is 5.75 Å². The topological polar surface area (TPSA) is 29.5 Å². The Hall–Kier alpha value is -1.02. The highest BCUT2D eigenvalue weighted by Gasteiger charge is 2.17. The number of ether oxygens (including phenoxy) is 1. The van der Waals surface area contributed by atoms with Gasteiger partial charge in [-0.05, 0) is 18.2 Å². The molecule has 2 nitrogen and oxygen atoms in total. The van der Waals surface area contributed by atoms with Gasteiger partial charge in [-0.1, -0.05) is 26.0 Å². The summed E-state index contributed by atoms with van der Waals surface area (Å²) < 4.78 is 5.48. The van der Waals surface area contributed by atoms with Gasteiger partial charge in [0.05, 0.1) is 13.2 Å². The number of hydrogen-bond donors (Lipinski definition) is 1. The molecule has 0 aliphatic carbocycles. The molecule has 1 rings (SSSR count). The van der Waals surface area contributed by atoms with E-state index in [0.717, 1.165) is 5.75 Å². The Morgan fingerprint density at radius 2 is 2.00 bits per heavy atom. The Morgan fingerprint density at radius 3 is 2.54 bits per heavy atom. The van der Waals surface area contributed by atoms with Crippen LogP contribution in [0.4, 0.5) is 0 Å². The van der Waals surface area contributed by atoms with Crippen LogP contribution in [-0.4, -0.2) is 18.3 Å². The monoisotopic (exact) mass is 179 g/mol. The van der Waals surface area contributed by atoms with E-state index in [1.165, 1.54) is 0 Å². The first kappa shape index (κ1) is 10.1. The molecule has 1 radical (unpaired) electrons. The summed E-state index contributed by atoms with van der Waals surface area (Å²) in [6.45, 7) is 4.57. The van der Waals surface area contributed by atoms with E-state index in [9.17, 15) is 0 Å². The molecule has 0 aliphatic heterocycles. The van der Waals surface area contributed by atoms with E-state index in [1.807, 2.05) is 26.0 Å². The fraction of sp³-hybridized carbons (Fsp3) is 0.455. The third-order valence-electron chi connectivity index (χ3n) is 1.75. The number of hydrogen-bond acceptors (Lipinski definition) is 2. The summed E-state index contributed by atoms with van der Waals surface area (Å²) in [4.78, 5) is 0. The molecule has 2 heteroatoms. The number of rotatable bonds is 4. The van der Waals surface area contributed by atoms with Crippen LogP contribution in [-0.2, 0) is 0 Å². The molecule has 1 N–H and O–H groups in total. The fourth-order valence-electron chi connectivity index (χ4n) is 0.792. The van der Waals surface area contributed by atoms with Crippen molar-refractivity contribution in [3.63, 3.8) is 0 Å². The van der Waals surface area contributed by atoms with Gasteiger partial charge in [0.15, 0.2) is 0 Å². The van der Waals surface area contributed by atoms with Gasteiger partial charge in [-0.25, -0.2) is 0 Å². The Labute approximate surface area is 79.2 Å². The minimum Gasteiger partial charge on any atom is -0.493 e. The van der Waals surface area contributed by atoms with Crippen molar-refractivity contribution in [1.29, 1.82) is 0 Å². The fourth-order valence-corrected chi connectivity index (χ4v) is 0.792. The van der Waals surface area contributed by atoms with Crippen molar-refractivity contribution >= 4 is 0 Å². The van der Waals surface area contributed by atoms with Crippen LogP contribution in [0, 0.1) is 11.5 Å². The average molecular weight is 179 g/mol. The molecule has 1 aromatic carbocycles. The first-order chi connectivity index (χ1) is 6.14. The van der Waals surface area contributed by atoms with E-state index >= 15 is 0 Å². The van der Waals surface area contributed by atoms with Gasteiger partial charge in [-0.2, -0.15) is 0 Å². The molecule has 0 spiro atoms. The zero-order valence-electron chi connectivity index (χ0n) is 8.08. The smallest absolute Gasteiger partial charge is 0.119 e. The molecule has 13 heavy (non-hydrogen) atoms. The Bertz CT molecular complexity index is 242. The molecule has 0 unspecified atom stereocenters. The summed E-state index contributed by atoms with van der Waals surface area (Å²) in [5.74, 6) is 0.820. The minimum atomic E-state index is -0.181. The van der Waals surface area contributed by atoms with Crippen LogP contribution < -0.4 is 4.74 Å².